The maximum Gasteiger partial charge on any atom is 0.221 e. The van der Waals surface area contributed by atoms with Crippen LogP contribution in [0.25, 0.3) is 10.7 Å². The number of nitrogens with one attached hydrogen (secondary N) is 1. The summed E-state index contributed by atoms with van der Waals surface area (Å²) in [5.74, 6) is 1.18. The van der Waals surface area contributed by atoms with Gasteiger partial charge in [0.05, 0.1) is 11.3 Å². The fourth-order valence-electron chi connectivity index (χ4n) is 2.71. The minimum absolute atomic E-state index is 0.241. The SMILES string of the molecule is CCc1c(C)nc(-c2cc(Br)cs2)nc1Nc1ccc(CC(N)=O)cc1. The van der Waals surface area contributed by atoms with Crippen molar-refractivity contribution in [1.82, 2.24) is 9.97 Å². The molecule has 0 saturated heterocycles. The number of aromatic nitrogens is 2. The van der Waals surface area contributed by atoms with Gasteiger partial charge in [-0.15, -0.1) is 11.3 Å². The highest BCUT2D eigenvalue weighted by Gasteiger charge is 2.13. The zero-order chi connectivity index (χ0) is 18.7. The van der Waals surface area contributed by atoms with Crippen LogP contribution in [0, 0.1) is 6.92 Å². The van der Waals surface area contributed by atoms with E-state index in [1.54, 1.807) is 11.3 Å². The molecule has 0 spiro atoms. The average Bonchev–Trinajstić information content (AvgIpc) is 3.02. The molecule has 0 atom stereocenters. The van der Waals surface area contributed by atoms with Gasteiger partial charge in [0.25, 0.3) is 0 Å². The fourth-order valence-corrected chi connectivity index (χ4v) is 4.07. The smallest absolute Gasteiger partial charge is 0.221 e. The van der Waals surface area contributed by atoms with Crippen LogP contribution in [-0.4, -0.2) is 15.9 Å². The Morgan fingerprint density at radius 2 is 2.00 bits per heavy atom. The van der Waals surface area contributed by atoms with Crippen molar-refractivity contribution in [3.8, 4) is 10.7 Å². The van der Waals surface area contributed by atoms with E-state index < -0.39 is 0 Å². The van der Waals surface area contributed by atoms with Gasteiger partial charge in [-0.25, -0.2) is 9.97 Å². The number of rotatable bonds is 6. The van der Waals surface area contributed by atoms with Gasteiger partial charge in [-0.05, 0) is 53.0 Å². The minimum atomic E-state index is -0.336. The monoisotopic (exact) mass is 430 g/mol. The van der Waals surface area contributed by atoms with Crippen LogP contribution in [-0.2, 0) is 17.6 Å². The third-order valence-electron chi connectivity index (χ3n) is 3.95. The molecule has 0 bridgehead atoms. The van der Waals surface area contributed by atoms with Crippen molar-refractivity contribution in [2.45, 2.75) is 26.7 Å². The first kappa shape index (κ1) is 18.5. The van der Waals surface area contributed by atoms with Gasteiger partial charge in [0, 0.05) is 26.8 Å². The number of aryl methyl sites for hydroxylation is 1. The highest BCUT2D eigenvalue weighted by Crippen LogP contribution is 2.31. The first-order chi connectivity index (χ1) is 12.5. The molecule has 3 rings (SSSR count). The molecular formula is C19H19BrN4OS. The topological polar surface area (TPSA) is 80.9 Å². The quantitative estimate of drug-likeness (QED) is 0.597. The Labute approximate surface area is 164 Å². The van der Waals surface area contributed by atoms with Gasteiger partial charge in [0.2, 0.25) is 5.91 Å². The molecular weight excluding hydrogens is 412 g/mol. The molecule has 5 nitrogen and oxygen atoms in total. The molecule has 0 unspecified atom stereocenters. The van der Waals surface area contributed by atoms with Crippen LogP contribution in [0.3, 0.4) is 0 Å². The van der Waals surface area contributed by atoms with Crippen LogP contribution in [0.15, 0.2) is 40.2 Å². The lowest BCUT2D eigenvalue weighted by Gasteiger charge is -2.14. The maximum atomic E-state index is 11.0. The number of carbonyl (C=O) groups excluding carboxylic acids is 1. The van der Waals surface area contributed by atoms with Crippen LogP contribution in [0.1, 0.15) is 23.7 Å². The Morgan fingerprint density at radius 1 is 1.27 bits per heavy atom. The first-order valence-corrected chi connectivity index (χ1v) is 9.89. The van der Waals surface area contributed by atoms with Crippen LogP contribution in [0.2, 0.25) is 0 Å². The van der Waals surface area contributed by atoms with Gasteiger partial charge in [0.15, 0.2) is 5.82 Å². The number of hydrogen-bond donors (Lipinski definition) is 2. The summed E-state index contributed by atoms with van der Waals surface area (Å²) in [5, 5.41) is 5.41. The minimum Gasteiger partial charge on any atom is -0.369 e. The summed E-state index contributed by atoms with van der Waals surface area (Å²) < 4.78 is 1.03. The Bertz CT molecular complexity index is 937. The lowest BCUT2D eigenvalue weighted by atomic mass is 10.1. The maximum absolute atomic E-state index is 11.0. The summed E-state index contributed by atoms with van der Waals surface area (Å²) in [7, 11) is 0. The van der Waals surface area contributed by atoms with Crippen molar-refractivity contribution in [1.29, 1.82) is 0 Å². The lowest BCUT2D eigenvalue weighted by molar-refractivity contribution is -0.117. The summed E-state index contributed by atoms with van der Waals surface area (Å²) in [6.45, 7) is 4.10. The molecule has 0 aliphatic carbocycles. The number of nitrogens with two attached hydrogens (primary N) is 1. The molecule has 134 valence electrons. The normalized spacial score (nSPS) is 10.7. The molecule has 1 aromatic carbocycles. The first-order valence-electron chi connectivity index (χ1n) is 8.22. The average molecular weight is 431 g/mol. The standard InChI is InChI=1S/C19H19BrN4OS/c1-3-15-11(2)22-19(16-9-13(20)10-26-16)24-18(15)23-14-6-4-12(5-7-14)8-17(21)25/h4-7,9-10H,3,8H2,1-2H3,(H2,21,25)(H,22,23,24). The molecule has 2 heterocycles. The number of carbonyl (C=O) groups is 1. The van der Waals surface area contributed by atoms with Gasteiger partial charge >= 0.3 is 0 Å². The van der Waals surface area contributed by atoms with E-state index in [1.807, 2.05) is 42.6 Å². The molecule has 7 heteroatoms. The number of primary amides is 1. The van der Waals surface area contributed by atoms with Crippen molar-refractivity contribution in [2.75, 3.05) is 5.32 Å². The van der Waals surface area contributed by atoms with E-state index in [0.717, 1.165) is 44.1 Å². The zero-order valence-corrected chi connectivity index (χ0v) is 16.9. The van der Waals surface area contributed by atoms with Gasteiger partial charge in [-0.2, -0.15) is 0 Å². The second-order valence-corrected chi connectivity index (χ2v) is 7.73. The Kier molecular flexibility index (Phi) is 5.68. The number of halogens is 1. The van der Waals surface area contributed by atoms with E-state index in [9.17, 15) is 4.79 Å². The summed E-state index contributed by atoms with van der Waals surface area (Å²) in [5.41, 5.74) is 9.09. The van der Waals surface area contributed by atoms with Crippen LogP contribution in [0.4, 0.5) is 11.5 Å². The number of amides is 1. The van der Waals surface area contributed by atoms with E-state index >= 15 is 0 Å². The van der Waals surface area contributed by atoms with E-state index in [0.29, 0.717) is 5.82 Å². The van der Waals surface area contributed by atoms with E-state index in [-0.39, 0.29) is 12.3 Å². The van der Waals surface area contributed by atoms with Crippen molar-refractivity contribution < 1.29 is 4.79 Å². The predicted octanol–water partition coefficient (Wildman–Crippen LogP) is 4.61. The fraction of sp³-hybridized carbons (Fsp3) is 0.211. The molecule has 26 heavy (non-hydrogen) atoms. The molecule has 0 saturated carbocycles. The second-order valence-electron chi connectivity index (χ2n) is 5.91. The highest BCUT2D eigenvalue weighted by atomic mass is 79.9. The van der Waals surface area contributed by atoms with Crippen molar-refractivity contribution in [2.24, 2.45) is 5.73 Å². The van der Waals surface area contributed by atoms with Crippen molar-refractivity contribution in [3.05, 3.63) is 57.0 Å². The van der Waals surface area contributed by atoms with Crippen LogP contribution >= 0.6 is 27.3 Å². The van der Waals surface area contributed by atoms with Crippen LogP contribution < -0.4 is 11.1 Å². The molecule has 0 fully saturated rings. The third kappa shape index (κ3) is 4.28. The zero-order valence-electron chi connectivity index (χ0n) is 14.5. The Balaban J connectivity index is 1.92. The number of hydrogen-bond acceptors (Lipinski definition) is 5. The highest BCUT2D eigenvalue weighted by molar-refractivity contribution is 9.10. The van der Waals surface area contributed by atoms with Gasteiger partial charge in [-0.3, -0.25) is 4.79 Å². The lowest BCUT2D eigenvalue weighted by Crippen LogP contribution is -2.13. The van der Waals surface area contributed by atoms with E-state index in [2.05, 4.69) is 33.2 Å². The molecule has 3 aromatic rings. The van der Waals surface area contributed by atoms with Gasteiger partial charge in [-0.1, -0.05) is 19.1 Å². The molecule has 1 amide bonds. The molecule has 0 radical (unpaired) electrons. The third-order valence-corrected chi connectivity index (χ3v) is 5.64. The molecule has 0 aliphatic rings. The Hall–Kier alpha value is -2.25. The summed E-state index contributed by atoms with van der Waals surface area (Å²) in [6.07, 6.45) is 1.08. The van der Waals surface area contributed by atoms with Crippen molar-refractivity contribution in [3.63, 3.8) is 0 Å². The van der Waals surface area contributed by atoms with Gasteiger partial charge < -0.3 is 11.1 Å². The van der Waals surface area contributed by atoms with Gasteiger partial charge in [0.1, 0.15) is 5.82 Å². The van der Waals surface area contributed by atoms with E-state index in [1.165, 1.54) is 0 Å². The summed E-state index contributed by atoms with van der Waals surface area (Å²) in [6, 6.07) is 9.66. The Morgan fingerprint density at radius 3 is 2.58 bits per heavy atom. The summed E-state index contributed by atoms with van der Waals surface area (Å²) in [4.78, 5) is 21.5. The predicted molar refractivity (Wildman–Crippen MR) is 110 cm³/mol. The largest absolute Gasteiger partial charge is 0.369 e. The number of benzene rings is 1. The molecule has 2 aromatic heterocycles. The molecule has 0 aliphatic heterocycles. The molecule has 3 N–H and O–H groups in total. The number of nitrogens with zero attached hydrogens (tertiary/aromatic N) is 2. The summed E-state index contributed by atoms with van der Waals surface area (Å²) >= 11 is 5.08. The van der Waals surface area contributed by atoms with Crippen LogP contribution in [0.5, 0.6) is 0 Å². The second kappa shape index (κ2) is 7.97. The van der Waals surface area contributed by atoms with Crippen molar-refractivity contribution >= 4 is 44.7 Å². The number of anilines is 2. The number of thiophene rings is 1. The van der Waals surface area contributed by atoms with E-state index in [4.69, 9.17) is 10.7 Å².